The van der Waals surface area contributed by atoms with Gasteiger partial charge in [0.2, 0.25) is 6.08 Å². The molecule has 0 aromatic rings. The molecule has 1 aliphatic heterocycles. The smallest absolute Gasteiger partial charge is 0.278 e. The molecule has 6 heteroatoms. The van der Waals surface area contributed by atoms with E-state index in [9.17, 15) is 14.4 Å². The van der Waals surface area contributed by atoms with Gasteiger partial charge in [-0.2, -0.15) is 10.1 Å². The molecule has 0 spiro atoms. The molecule has 0 bridgehead atoms. The Morgan fingerprint density at radius 2 is 2.27 bits per heavy atom. The van der Waals surface area contributed by atoms with Crippen LogP contribution >= 0.6 is 0 Å². The predicted molar refractivity (Wildman–Crippen MR) is 30.2 cm³/mol. The van der Waals surface area contributed by atoms with Crippen molar-refractivity contribution in [1.82, 2.24) is 5.06 Å². The molecule has 6 nitrogen and oxygen atoms in total. The second-order valence-electron chi connectivity index (χ2n) is 1.98. The molecule has 1 unspecified atom stereocenters. The summed E-state index contributed by atoms with van der Waals surface area (Å²) in [4.78, 5) is 33.9. The molecule has 2 amide bonds. The lowest BCUT2D eigenvalue weighted by Gasteiger charge is -2.00. The van der Waals surface area contributed by atoms with Gasteiger partial charge in [0.05, 0.1) is 6.42 Å². The fourth-order valence-electron chi connectivity index (χ4n) is 0.768. The number of amides is 2. The lowest BCUT2D eigenvalue weighted by atomic mass is 10.3. The minimum absolute atomic E-state index is 0.0362. The van der Waals surface area contributed by atoms with Crippen molar-refractivity contribution in [1.29, 1.82) is 0 Å². The predicted octanol–water partition coefficient (Wildman–Crippen LogP) is -1.16. The second-order valence-corrected chi connectivity index (χ2v) is 1.98. The maximum atomic E-state index is 10.7. The number of hydrogen-bond donors (Lipinski definition) is 1. The molecular formula is C5H4N2O4. The van der Waals surface area contributed by atoms with Gasteiger partial charge in [-0.05, 0) is 0 Å². The average molecular weight is 156 g/mol. The molecule has 0 aromatic heterocycles. The molecule has 1 saturated heterocycles. The molecule has 0 saturated carbocycles. The van der Waals surface area contributed by atoms with Crippen LogP contribution in [-0.4, -0.2) is 34.2 Å². The van der Waals surface area contributed by atoms with Crippen LogP contribution in [0.1, 0.15) is 6.42 Å². The molecule has 0 aliphatic carbocycles. The van der Waals surface area contributed by atoms with Gasteiger partial charge in [0.1, 0.15) is 0 Å². The number of imide groups is 1. The third-order valence-corrected chi connectivity index (χ3v) is 1.31. The third-order valence-electron chi connectivity index (χ3n) is 1.31. The van der Waals surface area contributed by atoms with Crippen LogP contribution < -0.4 is 0 Å². The van der Waals surface area contributed by atoms with E-state index in [4.69, 9.17) is 5.21 Å². The van der Waals surface area contributed by atoms with Crippen LogP contribution in [0.5, 0.6) is 0 Å². The first-order chi connectivity index (χ1) is 5.16. The number of carbonyl (C=O) groups excluding carboxylic acids is 3. The van der Waals surface area contributed by atoms with Gasteiger partial charge in [-0.1, -0.05) is 0 Å². The summed E-state index contributed by atoms with van der Waals surface area (Å²) >= 11 is 0. The van der Waals surface area contributed by atoms with Crippen molar-refractivity contribution < 1.29 is 19.6 Å². The maximum absolute atomic E-state index is 10.7. The summed E-state index contributed by atoms with van der Waals surface area (Å²) in [5.74, 6) is -1.63. The van der Waals surface area contributed by atoms with E-state index in [0.717, 1.165) is 6.08 Å². The summed E-state index contributed by atoms with van der Waals surface area (Å²) in [6.45, 7) is 0. The van der Waals surface area contributed by atoms with Gasteiger partial charge < -0.3 is 0 Å². The van der Waals surface area contributed by atoms with Gasteiger partial charge in [0.25, 0.3) is 11.8 Å². The van der Waals surface area contributed by atoms with E-state index in [1.165, 1.54) is 0 Å². The molecule has 1 heterocycles. The van der Waals surface area contributed by atoms with Crippen LogP contribution in [0.15, 0.2) is 4.99 Å². The number of hydroxylamine groups is 2. The Kier molecular flexibility index (Phi) is 1.80. The molecular weight excluding hydrogens is 152 g/mol. The molecule has 0 aromatic carbocycles. The van der Waals surface area contributed by atoms with Gasteiger partial charge >= 0.3 is 0 Å². The lowest BCUT2D eigenvalue weighted by Crippen LogP contribution is -2.27. The zero-order valence-corrected chi connectivity index (χ0v) is 5.35. The molecule has 1 fully saturated rings. The minimum Gasteiger partial charge on any atom is -0.278 e. The first-order valence-electron chi connectivity index (χ1n) is 2.79. The summed E-state index contributed by atoms with van der Waals surface area (Å²) in [5, 5.41) is 8.57. The zero-order chi connectivity index (χ0) is 8.43. The monoisotopic (exact) mass is 156 g/mol. The van der Waals surface area contributed by atoms with Gasteiger partial charge in [-0.25, -0.2) is 4.79 Å². The van der Waals surface area contributed by atoms with Crippen LogP contribution in [0.25, 0.3) is 0 Å². The van der Waals surface area contributed by atoms with Crippen molar-refractivity contribution in [2.75, 3.05) is 0 Å². The molecule has 1 rings (SSSR count). The number of nitrogens with zero attached hydrogens (tertiary/aromatic N) is 2. The molecule has 1 aliphatic rings. The minimum atomic E-state index is -1.08. The zero-order valence-electron chi connectivity index (χ0n) is 5.35. The molecule has 0 radical (unpaired) electrons. The van der Waals surface area contributed by atoms with E-state index in [2.05, 4.69) is 4.99 Å². The highest BCUT2D eigenvalue weighted by Crippen LogP contribution is 2.12. The van der Waals surface area contributed by atoms with Crippen LogP contribution in [0, 0.1) is 0 Å². The van der Waals surface area contributed by atoms with E-state index >= 15 is 0 Å². The summed E-state index contributed by atoms with van der Waals surface area (Å²) in [7, 11) is 0. The summed E-state index contributed by atoms with van der Waals surface area (Å²) < 4.78 is 0. The van der Waals surface area contributed by atoms with Gasteiger partial charge in [-0.3, -0.25) is 14.8 Å². The molecule has 1 atom stereocenters. The van der Waals surface area contributed by atoms with Gasteiger partial charge in [-0.15, -0.1) is 0 Å². The quantitative estimate of drug-likeness (QED) is 0.224. The Labute approximate surface area is 61.1 Å². The topological polar surface area (TPSA) is 87.0 Å². The van der Waals surface area contributed by atoms with Crippen LogP contribution in [-0.2, 0) is 14.4 Å². The summed E-state index contributed by atoms with van der Waals surface area (Å²) in [6, 6.07) is -1.08. The van der Waals surface area contributed by atoms with Crippen molar-refractivity contribution in [2.24, 2.45) is 4.99 Å². The van der Waals surface area contributed by atoms with E-state index in [1.807, 2.05) is 0 Å². The van der Waals surface area contributed by atoms with E-state index in [-0.39, 0.29) is 11.5 Å². The Bertz CT molecular complexity index is 255. The van der Waals surface area contributed by atoms with Crippen molar-refractivity contribution in [3.05, 3.63) is 0 Å². The first kappa shape index (κ1) is 7.59. The number of carbonyl (C=O) groups is 2. The third kappa shape index (κ3) is 1.17. The van der Waals surface area contributed by atoms with Crippen LogP contribution in [0.4, 0.5) is 0 Å². The van der Waals surface area contributed by atoms with Gasteiger partial charge in [0, 0.05) is 0 Å². The van der Waals surface area contributed by atoms with Crippen molar-refractivity contribution in [2.45, 2.75) is 12.5 Å². The second kappa shape index (κ2) is 2.61. The largest absolute Gasteiger partial charge is 0.279 e. The number of rotatable bonds is 1. The highest BCUT2D eigenvalue weighted by atomic mass is 16.5. The highest BCUT2D eigenvalue weighted by Gasteiger charge is 2.38. The van der Waals surface area contributed by atoms with Crippen molar-refractivity contribution in [3.63, 3.8) is 0 Å². The normalized spacial score (nSPS) is 23.7. The van der Waals surface area contributed by atoms with Crippen LogP contribution in [0.3, 0.4) is 0 Å². The molecule has 11 heavy (non-hydrogen) atoms. The SMILES string of the molecule is O=C=NC1CC(=O)N(O)C1=O. The Hall–Kier alpha value is -1.52. The van der Waals surface area contributed by atoms with Crippen LogP contribution in [0.2, 0.25) is 0 Å². The summed E-state index contributed by atoms with van der Waals surface area (Å²) in [6.07, 6.45) is 0.886. The summed E-state index contributed by atoms with van der Waals surface area (Å²) in [5.41, 5.74) is 0. The number of isocyanates is 1. The fourth-order valence-corrected chi connectivity index (χ4v) is 0.768. The Morgan fingerprint density at radius 3 is 2.64 bits per heavy atom. The molecule has 1 N–H and O–H groups in total. The fraction of sp³-hybridized carbons (Fsp3) is 0.400. The lowest BCUT2D eigenvalue weighted by molar-refractivity contribution is -0.171. The Morgan fingerprint density at radius 1 is 1.64 bits per heavy atom. The first-order valence-corrected chi connectivity index (χ1v) is 2.79. The standard InChI is InChI=1S/C5H4N2O4/c8-2-6-3-1-4(9)7(11)5(3)10/h3,11H,1H2. The number of aliphatic imine (C=N–C) groups is 1. The highest BCUT2D eigenvalue weighted by molar-refractivity contribution is 6.04. The van der Waals surface area contributed by atoms with E-state index in [0.29, 0.717) is 0 Å². The average Bonchev–Trinajstić information content (AvgIpc) is 2.19. The van der Waals surface area contributed by atoms with E-state index in [1.54, 1.807) is 0 Å². The van der Waals surface area contributed by atoms with Crippen molar-refractivity contribution >= 4 is 17.9 Å². The van der Waals surface area contributed by atoms with Crippen molar-refractivity contribution in [3.8, 4) is 0 Å². The maximum Gasteiger partial charge on any atom is 0.279 e. The van der Waals surface area contributed by atoms with E-state index < -0.39 is 17.9 Å². The molecule has 58 valence electrons. The number of hydrogen-bond acceptors (Lipinski definition) is 5. The van der Waals surface area contributed by atoms with Gasteiger partial charge in [0.15, 0.2) is 6.04 Å². The Balaban J connectivity index is 2.83.